The SMILES string of the molecule is N=C(OC(=N)c1ccc(-n2c3ccccc3c3cc(-c4ccccc4)ccc32)cc1)c1ccccc1. The van der Waals surface area contributed by atoms with E-state index < -0.39 is 0 Å². The monoisotopic (exact) mass is 465 g/mol. The van der Waals surface area contributed by atoms with Crippen LogP contribution in [0.4, 0.5) is 0 Å². The van der Waals surface area contributed by atoms with Crippen molar-refractivity contribution in [2.75, 3.05) is 0 Å². The van der Waals surface area contributed by atoms with Crippen molar-refractivity contribution in [2.45, 2.75) is 0 Å². The molecule has 0 saturated heterocycles. The zero-order chi connectivity index (χ0) is 24.5. The molecule has 6 rings (SSSR count). The normalized spacial score (nSPS) is 11.0. The predicted molar refractivity (Wildman–Crippen MR) is 147 cm³/mol. The third-order valence-electron chi connectivity index (χ3n) is 6.41. The average Bonchev–Trinajstić information content (AvgIpc) is 3.28. The van der Waals surface area contributed by atoms with Crippen LogP contribution in [-0.4, -0.2) is 16.4 Å². The van der Waals surface area contributed by atoms with Crippen LogP contribution in [0.25, 0.3) is 38.6 Å². The van der Waals surface area contributed by atoms with Gasteiger partial charge in [0.25, 0.3) is 0 Å². The van der Waals surface area contributed by atoms with Crippen molar-refractivity contribution in [3.63, 3.8) is 0 Å². The van der Waals surface area contributed by atoms with E-state index in [0.29, 0.717) is 11.1 Å². The first kappa shape index (κ1) is 21.6. The van der Waals surface area contributed by atoms with E-state index in [-0.39, 0.29) is 11.8 Å². The molecule has 0 spiro atoms. The number of benzene rings is 5. The zero-order valence-electron chi connectivity index (χ0n) is 19.5. The first-order valence-electron chi connectivity index (χ1n) is 11.8. The predicted octanol–water partition coefficient (Wildman–Crippen LogP) is 7.82. The fourth-order valence-corrected chi connectivity index (χ4v) is 4.63. The highest BCUT2D eigenvalue weighted by Gasteiger charge is 2.14. The molecular weight excluding hydrogens is 442 g/mol. The number of nitrogens with one attached hydrogen (secondary N) is 2. The number of rotatable bonds is 4. The molecule has 4 nitrogen and oxygen atoms in total. The molecule has 36 heavy (non-hydrogen) atoms. The minimum Gasteiger partial charge on any atom is -0.421 e. The molecule has 4 heteroatoms. The van der Waals surface area contributed by atoms with Crippen LogP contribution in [0.5, 0.6) is 0 Å². The Labute approximate surface area is 209 Å². The van der Waals surface area contributed by atoms with Crippen LogP contribution in [0.1, 0.15) is 11.1 Å². The smallest absolute Gasteiger partial charge is 0.221 e. The maximum atomic E-state index is 8.35. The van der Waals surface area contributed by atoms with Gasteiger partial charge in [-0.2, -0.15) is 0 Å². The van der Waals surface area contributed by atoms with Gasteiger partial charge >= 0.3 is 0 Å². The van der Waals surface area contributed by atoms with Crippen molar-refractivity contribution in [3.8, 4) is 16.8 Å². The Bertz CT molecular complexity index is 1720. The summed E-state index contributed by atoms with van der Waals surface area (Å²) in [5.74, 6) is -0.0913. The molecule has 0 unspecified atom stereocenters. The lowest BCUT2D eigenvalue weighted by molar-refractivity contribution is 0.538. The Balaban J connectivity index is 1.37. The highest BCUT2D eigenvalue weighted by atomic mass is 16.5. The quantitative estimate of drug-likeness (QED) is 0.202. The van der Waals surface area contributed by atoms with Gasteiger partial charge in [0, 0.05) is 27.6 Å². The minimum atomic E-state index is -0.0508. The Hall–Kier alpha value is -4.96. The third kappa shape index (κ3) is 3.85. The summed E-state index contributed by atoms with van der Waals surface area (Å²) < 4.78 is 7.76. The molecule has 0 saturated carbocycles. The molecule has 2 N–H and O–H groups in total. The second-order valence-corrected chi connectivity index (χ2v) is 8.62. The van der Waals surface area contributed by atoms with E-state index in [9.17, 15) is 0 Å². The van der Waals surface area contributed by atoms with Crippen LogP contribution < -0.4 is 0 Å². The number of hydrogen-bond donors (Lipinski definition) is 2. The van der Waals surface area contributed by atoms with Crippen LogP contribution in [0, 0.1) is 10.8 Å². The van der Waals surface area contributed by atoms with E-state index in [0.717, 1.165) is 16.7 Å². The van der Waals surface area contributed by atoms with Crippen molar-refractivity contribution in [1.29, 1.82) is 10.8 Å². The zero-order valence-corrected chi connectivity index (χ0v) is 19.5. The number of hydrogen-bond acceptors (Lipinski definition) is 3. The lowest BCUT2D eigenvalue weighted by atomic mass is 10.0. The molecule has 0 fully saturated rings. The van der Waals surface area contributed by atoms with Gasteiger partial charge in [-0.3, -0.25) is 10.8 Å². The molecule has 0 radical (unpaired) electrons. The summed E-state index contributed by atoms with van der Waals surface area (Å²) in [5, 5.41) is 18.9. The largest absolute Gasteiger partial charge is 0.421 e. The number of ether oxygens (including phenoxy) is 1. The molecule has 0 bridgehead atoms. The molecule has 172 valence electrons. The Morgan fingerprint density at radius 2 is 1.08 bits per heavy atom. The van der Waals surface area contributed by atoms with Crippen molar-refractivity contribution in [2.24, 2.45) is 0 Å². The lowest BCUT2D eigenvalue weighted by Crippen LogP contribution is -2.12. The van der Waals surface area contributed by atoms with Gasteiger partial charge in [0.15, 0.2) is 0 Å². The summed E-state index contributed by atoms with van der Waals surface area (Å²) >= 11 is 0. The van der Waals surface area contributed by atoms with E-state index in [1.165, 1.54) is 21.9 Å². The molecule has 0 amide bonds. The molecule has 0 aliphatic carbocycles. The van der Waals surface area contributed by atoms with Gasteiger partial charge in [-0.25, -0.2) is 0 Å². The second kappa shape index (κ2) is 9.01. The Morgan fingerprint density at radius 3 is 1.81 bits per heavy atom. The molecule has 0 atom stereocenters. The summed E-state index contributed by atoms with van der Waals surface area (Å²) in [7, 11) is 0. The summed E-state index contributed by atoms with van der Waals surface area (Å²) in [6, 6.07) is 42.4. The van der Waals surface area contributed by atoms with Crippen LogP contribution >= 0.6 is 0 Å². The molecule has 6 aromatic rings. The standard InChI is InChI=1S/C32H23N3O/c33-31(23-11-5-2-6-12-23)36-32(34)24-15-18-26(19-16-24)35-29-14-8-7-13-27(29)28-21-25(17-20-30(28)35)22-9-3-1-4-10-22/h1-21,33-34H. The van der Waals surface area contributed by atoms with Gasteiger partial charge in [0.1, 0.15) is 0 Å². The van der Waals surface area contributed by atoms with Gasteiger partial charge in [-0.1, -0.05) is 72.8 Å². The van der Waals surface area contributed by atoms with Crippen LogP contribution in [0.15, 0.2) is 127 Å². The Morgan fingerprint density at radius 1 is 0.500 bits per heavy atom. The summed E-state index contributed by atoms with van der Waals surface area (Å²) in [4.78, 5) is 0. The number of aromatic nitrogens is 1. The fourth-order valence-electron chi connectivity index (χ4n) is 4.63. The molecule has 5 aromatic carbocycles. The van der Waals surface area contributed by atoms with E-state index in [1.54, 1.807) is 12.1 Å². The van der Waals surface area contributed by atoms with Gasteiger partial charge in [-0.05, 0) is 65.7 Å². The van der Waals surface area contributed by atoms with E-state index >= 15 is 0 Å². The first-order valence-corrected chi connectivity index (χ1v) is 11.8. The summed E-state index contributed by atoms with van der Waals surface area (Å²) in [6.45, 7) is 0. The first-order chi connectivity index (χ1) is 17.7. The van der Waals surface area contributed by atoms with Gasteiger partial charge in [0.05, 0.1) is 11.0 Å². The van der Waals surface area contributed by atoms with Crippen molar-refractivity contribution in [3.05, 3.63) is 139 Å². The number of nitrogens with zero attached hydrogens (tertiary/aromatic N) is 1. The van der Waals surface area contributed by atoms with Gasteiger partial charge < -0.3 is 9.30 Å². The maximum absolute atomic E-state index is 8.35. The van der Waals surface area contributed by atoms with Crippen LogP contribution in [0.3, 0.4) is 0 Å². The Kier molecular flexibility index (Phi) is 5.39. The number of para-hydroxylation sites is 1. The minimum absolute atomic E-state index is 0.0405. The topological polar surface area (TPSA) is 61.9 Å². The van der Waals surface area contributed by atoms with E-state index in [1.807, 2.05) is 48.5 Å². The van der Waals surface area contributed by atoms with Crippen molar-refractivity contribution in [1.82, 2.24) is 4.57 Å². The fraction of sp³-hybridized carbons (Fsp3) is 0. The second-order valence-electron chi connectivity index (χ2n) is 8.62. The summed E-state index contributed by atoms with van der Waals surface area (Å²) in [5.41, 5.74) is 6.89. The van der Waals surface area contributed by atoms with Gasteiger partial charge in [-0.15, -0.1) is 0 Å². The molecule has 0 aliphatic heterocycles. The third-order valence-corrected chi connectivity index (χ3v) is 6.41. The highest BCUT2D eigenvalue weighted by molar-refractivity contribution is 6.10. The lowest BCUT2D eigenvalue weighted by Gasteiger charge is -2.11. The average molecular weight is 466 g/mol. The molecule has 0 aliphatic rings. The van der Waals surface area contributed by atoms with Gasteiger partial charge in [0.2, 0.25) is 11.8 Å². The summed E-state index contributed by atoms with van der Waals surface area (Å²) in [6.07, 6.45) is 0. The van der Waals surface area contributed by atoms with Crippen molar-refractivity contribution >= 4 is 33.6 Å². The maximum Gasteiger partial charge on any atom is 0.221 e. The van der Waals surface area contributed by atoms with Crippen LogP contribution in [-0.2, 0) is 4.74 Å². The van der Waals surface area contributed by atoms with Crippen LogP contribution in [0.2, 0.25) is 0 Å². The van der Waals surface area contributed by atoms with E-state index in [2.05, 4.69) is 71.3 Å². The molecular formula is C32H23N3O. The van der Waals surface area contributed by atoms with Crippen molar-refractivity contribution < 1.29 is 4.74 Å². The highest BCUT2D eigenvalue weighted by Crippen LogP contribution is 2.34. The molecule has 1 heterocycles. The number of fused-ring (bicyclic) bond motifs is 3. The van der Waals surface area contributed by atoms with E-state index in [4.69, 9.17) is 15.6 Å². The molecule has 1 aromatic heterocycles.